The minimum Gasteiger partial charge on any atom is -0.245 e. The molecule has 0 fully saturated rings. The largest absolute Gasteiger partial charge is 0.357 e. The van der Waals surface area contributed by atoms with E-state index in [4.69, 9.17) is 0 Å². The number of fused-ring (bicyclic) bond motifs is 1. The predicted octanol–water partition coefficient (Wildman–Crippen LogP) is 3.16. The Labute approximate surface area is 148 Å². The van der Waals surface area contributed by atoms with E-state index in [1.165, 1.54) is 13.6 Å². The van der Waals surface area contributed by atoms with Crippen molar-refractivity contribution in [2.75, 3.05) is 5.75 Å². The smallest absolute Gasteiger partial charge is 0.245 e. The average molecular weight is 351 g/mol. The average Bonchev–Trinajstić information content (AvgIpc) is 2.84. The zero-order valence-corrected chi connectivity index (χ0v) is 14.6. The van der Waals surface area contributed by atoms with Gasteiger partial charge in [-0.2, -0.15) is 9.03 Å². The van der Waals surface area contributed by atoms with Crippen LogP contribution in [0.3, 0.4) is 0 Å². The van der Waals surface area contributed by atoms with Crippen molar-refractivity contribution in [1.82, 2.24) is 13.6 Å². The number of thioether (sulfide) groups is 1. The highest BCUT2D eigenvalue weighted by atomic mass is 32.2. The summed E-state index contributed by atoms with van der Waals surface area (Å²) in [5, 5.41) is 0.838. The van der Waals surface area contributed by atoms with Gasteiger partial charge in [0.1, 0.15) is 10.7 Å². The van der Waals surface area contributed by atoms with E-state index >= 15 is 0 Å². The van der Waals surface area contributed by atoms with E-state index in [0.29, 0.717) is 5.69 Å². The van der Waals surface area contributed by atoms with Gasteiger partial charge in [-0.05, 0) is 24.3 Å². The van der Waals surface area contributed by atoms with Crippen LogP contribution in [-0.4, -0.2) is 19.4 Å². The highest BCUT2D eigenvalue weighted by Gasteiger charge is 2.27. The molecule has 0 aliphatic heterocycles. The molecule has 6 heteroatoms. The lowest BCUT2D eigenvalue weighted by atomic mass is 10.1. The van der Waals surface area contributed by atoms with Crippen molar-refractivity contribution in [3.8, 4) is 16.9 Å². The number of hydrogen-bond acceptors (Lipinski definition) is 3. The zero-order valence-electron chi connectivity index (χ0n) is 13.8. The van der Waals surface area contributed by atoms with Crippen LogP contribution < -0.4 is 11.4 Å². The molecule has 4 aromatic rings. The summed E-state index contributed by atoms with van der Waals surface area (Å²) in [6.07, 6.45) is 0.995. The van der Waals surface area contributed by atoms with E-state index in [9.17, 15) is 9.59 Å². The van der Waals surface area contributed by atoms with Crippen molar-refractivity contribution in [2.24, 2.45) is 0 Å². The van der Waals surface area contributed by atoms with Crippen LogP contribution in [-0.2, 0) is 0 Å². The van der Waals surface area contributed by atoms with Gasteiger partial charge in [-0.15, -0.1) is 11.8 Å². The fourth-order valence-corrected chi connectivity index (χ4v) is 3.95. The molecule has 0 saturated carbocycles. The van der Waals surface area contributed by atoms with E-state index in [-0.39, 0.29) is 11.4 Å². The second kappa shape index (κ2) is 6.29. The van der Waals surface area contributed by atoms with Gasteiger partial charge >= 0.3 is 11.4 Å². The molecule has 0 unspecified atom stereocenters. The van der Waals surface area contributed by atoms with Crippen LogP contribution in [0.25, 0.3) is 16.9 Å². The topological polar surface area (TPSA) is 47.9 Å². The number of hydrogen-bond donors (Lipinski definition) is 0. The first-order chi connectivity index (χ1) is 12.2. The number of rotatable bonds is 5. The first-order valence-electron chi connectivity index (χ1n) is 8.19. The molecule has 0 aliphatic carbocycles. The molecule has 126 valence electrons. The number of benzene rings is 2. The lowest BCUT2D eigenvalue weighted by Gasteiger charge is -2.17. The van der Waals surface area contributed by atoms with Crippen molar-refractivity contribution in [3.63, 3.8) is 0 Å². The van der Waals surface area contributed by atoms with Crippen LogP contribution in [0.1, 0.15) is 13.3 Å². The number of nitrogens with zero attached hydrogens (tertiary/aromatic N) is 3. The third kappa shape index (κ3) is 2.41. The van der Waals surface area contributed by atoms with Gasteiger partial charge in [0.2, 0.25) is 0 Å². The maximum absolute atomic E-state index is 12.9. The third-order valence-electron chi connectivity index (χ3n) is 4.06. The summed E-state index contributed by atoms with van der Waals surface area (Å²) in [7, 11) is 0. The summed E-state index contributed by atoms with van der Waals surface area (Å²) in [6.45, 7) is 2.10. The molecule has 0 saturated heterocycles. The Morgan fingerprint density at radius 3 is 2.08 bits per heavy atom. The fraction of sp³-hybridized carbons (Fsp3) is 0.158. The summed E-state index contributed by atoms with van der Waals surface area (Å²) in [5.41, 5.74) is 1.66. The van der Waals surface area contributed by atoms with Crippen LogP contribution in [0.5, 0.6) is 0 Å². The predicted molar refractivity (Wildman–Crippen MR) is 100 cm³/mol. The first kappa shape index (κ1) is 15.8. The minimum atomic E-state index is -0.337. The van der Waals surface area contributed by atoms with Crippen molar-refractivity contribution in [3.05, 3.63) is 81.6 Å². The fourth-order valence-electron chi connectivity index (χ4n) is 2.93. The third-order valence-corrected chi connectivity index (χ3v) is 5.31. The van der Waals surface area contributed by atoms with Crippen LogP contribution in [0.4, 0.5) is 0 Å². The Balaban J connectivity index is 2.00. The first-order valence-corrected chi connectivity index (χ1v) is 9.18. The van der Waals surface area contributed by atoms with E-state index in [0.717, 1.165) is 28.5 Å². The molecular weight excluding hydrogens is 334 g/mol. The van der Waals surface area contributed by atoms with Gasteiger partial charge in [0, 0.05) is 5.56 Å². The Hall–Kier alpha value is -2.73. The molecule has 0 radical (unpaired) electrons. The van der Waals surface area contributed by atoms with E-state index < -0.39 is 0 Å². The van der Waals surface area contributed by atoms with Gasteiger partial charge in [0.15, 0.2) is 0 Å². The lowest BCUT2D eigenvalue weighted by Crippen LogP contribution is -2.25. The molecule has 0 atom stereocenters. The molecule has 0 spiro atoms. The van der Waals surface area contributed by atoms with Crippen LogP contribution in [0, 0.1) is 0 Å². The standard InChI is InChI=1S/C19H17N3O2S/c1-2-13-25-17-16(14-9-5-3-6-10-14)21-18(23)20(19(24)22(17)21)15-11-7-4-8-12-15/h3-12H,2,13H2,1H3. The zero-order chi connectivity index (χ0) is 17.4. The van der Waals surface area contributed by atoms with Gasteiger partial charge in [0.05, 0.1) is 5.69 Å². The molecule has 2 heterocycles. The summed E-state index contributed by atoms with van der Waals surface area (Å²) < 4.78 is 4.18. The minimum absolute atomic E-state index is 0.325. The summed E-state index contributed by atoms with van der Waals surface area (Å²) in [6, 6.07) is 18.8. The van der Waals surface area contributed by atoms with Crippen LogP contribution >= 0.6 is 11.8 Å². The number of para-hydroxylation sites is 1. The number of aromatic nitrogens is 3. The SMILES string of the molecule is CCCSc1c(-c2ccccc2)n2c(=O)n(-c3ccccc3)c(=O)n12. The Morgan fingerprint density at radius 1 is 0.840 bits per heavy atom. The second-order valence-electron chi connectivity index (χ2n) is 5.73. The molecule has 2 aromatic carbocycles. The molecule has 25 heavy (non-hydrogen) atoms. The Morgan fingerprint density at radius 2 is 1.44 bits per heavy atom. The van der Waals surface area contributed by atoms with Crippen molar-refractivity contribution in [2.45, 2.75) is 18.4 Å². The van der Waals surface area contributed by atoms with Gasteiger partial charge in [-0.25, -0.2) is 14.2 Å². The van der Waals surface area contributed by atoms with Crippen LogP contribution in [0.15, 0.2) is 75.3 Å². The van der Waals surface area contributed by atoms with Crippen molar-refractivity contribution >= 4 is 11.8 Å². The van der Waals surface area contributed by atoms with Gasteiger partial charge in [-0.1, -0.05) is 55.5 Å². The van der Waals surface area contributed by atoms with Gasteiger partial charge in [0.25, 0.3) is 0 Å². The van der Waals surface area contributed by atoms with E-state index in [1.807, 2.05) is 48.5 Å². The molecule has 2 aromatic heterocycles. The summed E-state index contributed by atoms with van der Waals surface area (Å²) >= 11 is 1.61. The van der Waals surface area contributed by atoms with Gasteiger partial charge < -0.3 is 0 Å². The van der Waals surface area contributed by atoms with Crippen molar-refractivity contribution < 1.29 is 0 Å². The molecule has 0 aliphatic rings. The maximum Gasteiger partial charge on any atom is 0.357 e. The molecule has 0 bridgehead atoms. The molecule has 0 amide bonds. The monoisotopic (exact) mass is 351 g/mol. The normalized spacial score (nSPS) is 11.4. The summed E-state index contributed by atoms with van der Waals surface area (Å²) in [4.78, 5) is 25.8. The molecule has 0 N–H and O–H groups in total. The van der Waals surface area contributed by atoms with E-state index in [1.54, 1.807) is 23.9 Å². The van der Waals surface area contributed by atoms with Crippen LogP contribution in [0.2, 0.25) is 0 Å². The van der Waals surface area contributed by atoms with E-state index in [2.05, 4.69) is 6.92 Å². The quantitative estimate of drug-likeness (QED) is 0.519. The lowest BCUT2D eigenvalue weighted by molar-refractivity contribution is 0.643. The molecule has 5 nitrogen and oxygen atoms in total. The Kier molecular flexibility index (Phi) is 3.97. The Bertz CT molecular complexity index is 1110. The van der Waals surface area contributed by atoms with Crippen molar-refractivity contribution in [1.29, 1.82) is 0 Å². The second-order valence-corrected chi connectivity index (χ2v) is 6.81. The van der Waals surface area contributed by atoms with Gasteiger partial charge in [-0.3, -0.25) is 0 Å². The summed E-state index contributed by atoms with van der Waals surface area (Å²) in [5.74, 6) is 0.892. The highest BCUT2D eigenvalue weighted by molar-refractivity contribution is 7.99. The molecular formula is C19H17N3O2S. The molecule has 4 rings (SSSR count). The highest BCUT2D eigenvalue weighted by Crippen LogP contribution is 2.33. The maximum atomic E-state index is 12.9.